The Bertz CT molecular complexity index is 1030. The van der Waals surface area contributed by atoms with Crippen LogP contribution in [0.15, 0.2) is 30.3 Å². The van der Waals surface area contributed by atoms with E-state index in [0.717, 1.165) is 19.4 Å². The number of rotatable bonds is 22. The number of amides is 1. The molecule has 45 heavy (non-hydrogen) atoms. The van der Waals surface area contributed by atoms with Crippen molar-refractivity contribution in [3.05, 3.63) is 35.9 Å². The van der Waals surface area contributed by atoms with Gasteiger partial charge in [-0.05, 0) is 5.56 Å². The summed E-state index contributed by atoms with van der Waals surface area (Å²) >= 11 is 0. The minimum atomic E-state index is -1.19. The molecule has 254 valence electrons. The third-order valence-electron chi connectivity index (χ3n) is 6.25. The molecule has 1 aliphatic rings. The summed E-state index contributed by atoms with van der Waals surface area (Å²) in [4.78, 5) is 47.0. The molecular formula is C30H45NO14. The fraction of sp³-hybridized carbons (Fsp3) is 0.667. The van der Waals surface area contributed by atoms with Crippen LogP contribution >= 0.6 is 0 Å². The molecule has 0 aliphatic carbocycles. The van der Waals surface area contributed by atoms with E-state index in [9.17, 15) is 24.3 Å². The molecule has 0 aromatic heterocycles. The molecule has 0 radical (unpaired) electrons. The molecule has 2 rings (SSSR count). The lowest BCUT2D eigenvalue weighted by Crippen LogP contribution is -2.60. The van der Waals surface area contributed by atoms with Gasteiger partial charge in [-0.25, -0.2) is 0 Å². The first-order valence-corrected chi connectivity index (χ1v) is 14.6. The van der Waals surface area contributed by atoms with Crippen molar-refractivity contribution in [2.75, 3.05) is 59.5 Å². The van der Waals surface area contributed by atoms with Gasteiger partial charge in [-0.2, -0.15) is 0 Å². The third-order valence-corrected chi connectivity index (χ3v) is 6.25. The summed E-state index contributed by atoms with van der Waals surface area (Å²) in [5, 5.41) is 9.95. The largest absolute Gasteiger partial charge is 0.463 e. The van der Waals surface area contributed by atoms with Crippen molar-refractivity contribution in [3.8, 4) is 0 Å². The van der Waals surface area contributed by atoms with Crippen LogP contribution in [0, 0.1) is 5.92 Å². The maximum Gasteiger partial charge on any atom is 0.303 e. The second kappa shape index (κ2) is 21.5. The average Bonchev–Trinajstić information content (AvgIpc) is 2.97. The molecule has 1 aromatic rings. The van der Waals surface area contributed by atoms with E-state index in [-0.39, 0.29) is 59.3 Å². The number of primary amides is 1. The predicted octanol–water partition coefficient (Wildman–Crippen LogP) is 0.274. The van der Waals surface area contributed by atoms with Crippen molar-refractivity contribution in [2.24, 2.45) is 11.7 Å². The van der Waals surface area contributed by atoms with Crippen molar-refractivity contribution in [1.82, 2.24) is 0 Å². The van der Waals surface area contributed by atoms with Gasteiger partial charge in [0, 0.05) is 27.2 Å². The number of hydrogen-bond donors (Lipinski definition) is 2. The first-order chi connectivity index (χ1) is 21.6. The van der Waals surface area contributed by atoms with Crippen LogP contribution in [0.2, 0.25) is 0 Å². The first-order valence-electron chi connectivity index (χ1n) is 14.6. The van der Waals surface area contributed by atoms with Crippen molar-refractivity contribution >= 4 is 23.8 Å². The number of carbonyl (C=O) groups excluding carboxylic acids is 4. The van der Waals surface area contributed by atoms with Crippen LogP contribution in [-0.4, -0.2) is 119 Å². The number of aliphatic hydroxyl groups is 1. The molecular weight excluding hydrogens is 598 g/mol. The highest BCUT2D eigenvalue weighted by Gasteiger charge is 2.51. The Morgan fingerprint density at radius 2 is 1.38 bits per heavy atom. The fourth-order valence-electron chi connectivity index (χ4n) is 4.40. The molecule has 0 spiro atoms. The van der Waals surface area contributed by atoms with Gasteiger partial charge in [0.1, 0.15) is 24.9 Å². The van der Waals surface area contributed by atoms with E-state index in [4.69, 9.17) is 48.4 Å². The summed E-state index contributed by atoms with van der Waals surface area (Å²) in [5.74, 6) is -3.66. The van der Waals surface area contributed by atoms with Gasteiger partial charge in [-0.1, -0.05) is 30.3 Å². The van der Waals surface area contributed by atoms with E-state index in [2.05, 4.69) is 0 Å². The molecule has 0 saturated carbocycles. The highest BCUT2D eigenvalue weighted by molar-refractivity contribution is 5.74. The van der Waals surface area contributed by atoms with Crippen LogP contribution in [0.4, 0.5) is 0 Å². The number of aliphatic hydroxyl groups excluding tert-OH is 1. The van der Waals surface area contributed by atoms with Crippen LogP contribution in [0.3, 0.4) is 0 Å². The van der Waals surface area contributed by atoms with Gasteiger partial charge in [0.05, 0.1) is 65.4 Å². The minimum Gasteiger partial charge on any atom is -0.463 e. The quantitative estimate of drug-likeness (QED) is 0.0992. The van der Waals surface area contributed by atoms with Crippen LogP contribution < -0.4 is 5.73 Å². The van der Waals surface area contributed by atoms with Gasteiger partial charge in [0.25, 0.3) is 0 Å². The third kappa shape index (κ3) is 16.1. The normalized spacial score (nSPS) is 21.9. The molecule has 1 amide bonds. The van der Waals surface area contributed by atoms with E-state index in [1.54, 1.807) is 0 Å². The van der Waals surface area contributed by atoms with Gasteiger partial charge < -0.3 is 53.5 Å². The number of esters is 3. The highest BCUT2D eigenvalue weighted by Crippen LogP contribution is 2.34. The Morgan fingerprint density at radius 3 is 1.98 bits per heavy atom. The number of hydrogen-bond acceptors (Lipinski definition) is 14. The van der Waals surface area contributed by atoms with Gasteiger partial charge in [0.15, 0.2) is 12.4 Å². The Hall–Kier alpha value is -3.18. The van der Waals surface area contributed by atoms with E-state index in [0.29, 0.717) is 13.2 Å². The second-order valence-corrected chi connectivity index (χ2v) is 10.2. The van der Waals surface area contributed by atoms with E-state index >= 15 is 0 Å². The Labute approximate surface area is 262 Å². The standard InChI is InChI=1S/C30H45NO14/c1-20(32)42-19-26-29(44-22(3)34)28(43-21(2)33)25(15-27(31)36)30(45-26)41-14-13-38-10-9-37-11-12-39-17-24(35)18-40-16-23-7-5-4-6-8-23/h4-8,24-26,28-30,35H,9-19H2,1-3H3,(H2,31,36)/t24?,25-,26-,28-,29+,30-/m1/s1. The monoisotopic (exact) mass is 643 g/mol. The zero-order valence-corrected chi connectivity index (χ0v) is 26.0. The molecule has 1 unspecified atom stereocenters. The molecule has 1 heterocycles. The SMILES string of the molecule is CC(=O)OC[C@H]1O[C@@H](OCCOCCOCCOCC(O)COCc2ccccc2)[C@H](CC(N)=O)[C@@H](OC(C)=O)[C@H]1OC(C)=O. The Morgan fingerprint density at radius 1 is 0.800 bits per heavy atom. The van der Waals surface area contributed by atoms with E-state index in [1.165, 1.54) is 6.92 Å². The summed E-state index contributed by atoms with van der Waals surface area (Å²) in [7, 11) is 0. The topological polar surface area (TPSA) is 198 Å². The number of ether oxygens (including phenoxy) is 9. The summed E-state index contributed by atoms with van der Waals surface area (Å²) in [6, 6.07) is 9.65. The zero-order chi connectivity index (χ0) is 33.0. The maximum absolute atomic E-state index is 11.9. The Balaban J connectivity index is 1.71. The molecule has 15 nitrogen and oxygen atoms in total. The molecule has 1 fully saturated rings. The predicted molar refractivity (Wildman–Crippen MR) is 154 cm³/mol. The summed E-state index contributed by atoms with van der Waals surface area (Å²) in [6.45, 7) is 5.11. The smallest absolute Gasteiger partial charge is 0.303 e. The molecule has 1 saturated heterocycles. The molecule has 1 aromatic carbocycles. The van der Waals surface area contributed by atoms with Gasteiger partial charge >= 0.3 is 17.9 Å². The van der Waals surface area contributed by atoms with Crippen LogP contribution in [0.1, 0.15) is 32.8 Å². The van der Waals surface area contributed by atoms with E-state index in [1.807, 2.05) is 30.3 Å². The number of carbonyl (C=O) groups is 4. The maximum atomic E-state index is 11.9. The van der Waals surface area contributed by atoms with Crippen LogP contribution in [0.5, 0.6) is 0 Å². The summed E-state index contributed by atoms with van der Waals surface area (Å²) in [5.41, 5.74) is 6.46. The summed E-state index contributed by atoms with van der Waals surface area (Å²) in [6.07, 6.45) is -5.61. The molecule has 15 heteroatoms. The molecule has 1 aliphatic heterocycles. The van der Waals surface area contributed by atoms with Crippen LogP contribution in [-0.2, 0) is 68.4 Å². The van der Waals surface area contributed by atoms with Gasteiger partial charge in [-0.3, -0.25) is 19.2 Å². The minimum absolute atomic E-state index is 0.0125. The lowest BCUT2D eigenvalue weighted by molar-refractivity contribution is -0.293. The number of benzene rings is 1. The van der Waals surface area contributed by atoms with Crippen molar-refractivity contribution in [2.45, 2.75) is 64.5 Å². The van der Waals surface area contributed by atoms with Crippen LogP contribution in [0.25, 0.3) is 0 Å². The zero-order valence-electron chi connectivity index (χ0n) is 26.0. The number of nitrogens with two attached hydrogens (primary N) is 1. The molecule has 3 N–H and O–H groups in total. The lowest BCUT2D eigenvalue weighted by Gasteiger charge is -2.44. The van der Waals surface area contributed by atoms with Crippen molar-refractivity contribution < 1.29 is 66.9 Å². The van der Waals surface area contributed by atoms with Crippen molar-refractivity contribution in [3.63, 3.8) is 0 Å². The molecule has 0 bridgehead atoms. The van der Waals surface area contributed by atoms with E-state index < -0.39 is 60.4 Å². The van der Waals surface area contributed by atoms with Gasteiger partial charge in [0.2, 0.25) is 5.91 Å². The Kier molecular flexibility index (Phi) is 18.2. The van der Waals surface area contributed by atoms with Gasteiger partial charge in [-0.15, -0.1) is 0 Å². The highest BCUT2D eigenvalue weighted by atomic mass is 16.7. The molecule has 6 atom stereocenters. The summed E-state index contributed by atoms with van der Waals surface area (Å²) < 4.78 is 49.4. The first kappa shape index (κ1) is 38.0. The lowest BCUT2D eigenvalue weighted by atomic mass is 9.87. The second-order valence-electron chi connectivity index (χ2n) is 10.2. The average molecular weight is 644 g/mol. The fourth-order valence-corrected chi connectivity index (χ4v) is 4.40. The van der Waals surface area contributed by atoms with Crippen molar-refractivity contribution in [1.29, 1.82) is 0 Å².